The molecule has 1 rings (SSSR count). The number of esters is 1. The smallest absolute Gasteiger partial charge is 0.306 e. The fraction of sp³-hybridized carbons (Fsp3) is 0.895. The largest absolute Gasteiger partial charge is 0.466 e. The van der Waals surface area contributed by atoms with Crippen LogP contribution in [0.5, 0.6) is 0 Å². The molecule has 7 nitrogen and oxygen atoms in total. The number of Topliss-reactive ketones (excluding diaryl/α,β-unsaturated/α-hetero) is 1. The Balaban J connectivity index is 2.77. The zero-order chi connectivity index (χ0) is 19.8. The van der Waals surface area contributed by atoms with Crippen molar-refractivity contribution in [2.75, 3.05) is 13.2 Å². The number of carbonyl (C=O) groups excluding carboxylic acids is 2. The van der Waals surface area contributed by atoms with Gasteiger partial charge in [-0.25, -0.2) is 0 Å². The van der Waals surface area contributed by atoms with Crippen LogP contribution >= 0.6 is 0 Å². The van der Waals surface area contributed by atoms with Crippen molar-refractivity contribution in [2.24, 2.45) is 0 Å². The third-order valence-corrected chi connectivity index (χ3v) is 4.64. The van der Waals surface area contributed by atoms with Crippen molar-refractivity contribution >= 4 is 11.8 Å². The molecule has 2 N–H and O–H groups in total. The SMILES string of the molecule is CCCC[C@@H](O)CCC(O)(C(=O)CCC(=O)OCC)[C@@H]1COC(C)(C)O1. The summed E-state index contributed by atoms with van der Waals surface area (Å²) in [6.45, 7) is 7.49. The fourth-order valence-electron chi connectivity index (χ4n) is 3.04. The molecule has 1 unspecified atom stereocenters. The number of rotatable bonds is 12. The minimum absolute atomic E-state index is 0.0592. The van der Waals surface area contributed by atoms with Crippen molar-refractivity contribution in [1.29, 1.82) is 0 Å². The van der Waals surface area contributed by atoms with Crippen molar-refractivity contribution in [1.82, 2.24) is 0 Å². The zero-order valence-electron chi connectivity index (χ0n) is 16.5. The first kappa shape index (κ1) is 23.0. The van der Waals surface area contributed by atoms with E-state index in [2.05, 4.69) is 0 Å². The molecule has 0 amide bonds. The maximum atomic E-state index is 12.7. The number of carbonyl (C=O) groups is 2. The first-order chi connectivity index (χ1) is 12.1. The van der Waals surface area contributed by atoms with E-state index in [1.807, 2.05) is 6.92 Å². The predicted octanol–water partition coefficient (Wildman–Crippen LogP) is 2.11. The summed E-state index contributed by atoms with van der Waals surface area (Å²) in [7, 11) is 0. The molecule has 0 bridgehead atoms. The molecular weight excluding hydrogens is 340 g/mol. The second-order valence-electron chi connectivity index (χ2n) is 7.30. The minimum atomic E-state index is -1.80. The normalized spacial score (nSPS) is 22.6. The number of ketones is 1. The van der Waals surface area contributed by atoms with Gasteiger partial charge in [0, 0.05) is 6.42 Å². The van der Waals surface area contributed by atoms with Crippen LogP contribution < -0.4 is 0 Å². The van der Waals surface area contributed by atoms with Crippen molar-refractivity contribution in [3.05, 3.63) is 0 Å². The molecule has 0 aromatic carbocycles. The van der Waals surface area contributed by atoms with Gasteiger partial charge in [-0.15, -0.1) is 0 Å². The number of unbranched alkanes of at least 4 members (excludes halogenated alkanes) is 1. The highest BCUT2D eigenvalue weighted by molar-refractivity contribution is 5.90. The molecular formula is C19H34O7. The first-order valence-electron chi connectivity index (χ1n) is 9.55. The molecule has 0 aromatic rings. The average Bonchev–Trinajstić information content (AvgIpc) is 2.96. The van der Waals surface area contributed by atoms with E-state index >= 15 is 0 Å². The second-order valence-corrected chi connectivity index (χ2v) is 7.30. The number of hydrogen-bond acceptors (Lipinski definition) is 7. The molecule has 0 aliphatic carbocycles. The third kappa shape index (κ3) is 6.95. The van der Waals surface area contributed by atoms with E-state index in [0.29, 0.717) is 6.42 Å². The van der Waals surface area contributed by atoms with Crippen molar-refractivity contribution in [3.8, 4) is 0 Å². The van der Waals surface area contributed by atoms with Crippen molar-refractivity contribution < 1.29 is 34.0 Å². The van der Waals surface area contributed by atoms with Crippen LogP contribution in [0, 0.1) is 0 Å². The van der Waals surface area contributed by atoms with Gasteiger partial charge in [0.25, 0.3) is 0 Å². The summed E-state index contributed by atoms with van der Waals surface area (Å²) in [5, 5.41) is 21.2. The van der Waals surface area contributed by atoms with Gasteiger partial charge in [-0.3, -0.25) is 9.59 Å². The van der Waals surface area contributed by atoms with E-state index in [1.165, 1.54) is 0 Å². The number of aliphatic hydroxyl groups excluding tert-OH is 1. The van der Waals surface area contributed by atoms with E-state index in [0.717, 1.165) is 12.8 Å². The highest BCUT2D eigenvalue weighted by Crippen LogP contribution is 2.34. The van der Waals surface area contributed by atoms with Crippen LogP contribution in [0.4, 0.5) is 0 Å². The maximum absolute atomic E-state index is 12.7. The van der Waals surface area contributed by atoms with E-state index < -0.39 is 35.3 Å². The molecule has 152 valence electrons. The summed E-state index contributed by atoms with van der Waals surface area (Å²) in [5.41, 5.74) is -1.80. The number of aliphatic hydroxyl groups is 2. The Kier molecular flexibility index (Phi) is 9.16. The van der Waals surface area contributed by atoms with Crippen LogP contribution in [-0.2, 0) is 23.8 Å². The zero-order valence-corrected chi connectivity index (χ0v) is 16.5. The van der Waals surface area contributed by atoms with Gasteiger partial charge in [-0.2, -0.15) is 0 Å². The summed E-state index contributed by atoms with van der Waals surface area (Å²) in [6, 6.07) is 0. The maximum Gasteiger partial charge on any atom is 0.306 e. The summed E-state index contributed by atoms with van der Waals surface area (Å²) < 4.78 is 16.0. The lowest BCUT2D eigenvalue weighted by atomic mass is 9.83. The van der Waals surface area contributed by atoms with Gasteiger partial charge in [0.15, 0.2) is 17.2 Å². The molecule has 0 radical (unpaired) electrons. The van der Waals surface area contributed by atoms with Crippen molar-refractivity contribution in [3.63, 3.8) is 0 Å². The van der Waals surface area contributed by atoms with E-state index in [-0.39, 0.29) is 38.9 Å². The molecule has 1 heterocycles. The summed E-state index contributed by atoms with van der Waals surface area (Å²) >= 11 is 0. The highest BCUT2D eigenvalue weighted by atomic mass is 16.7. The van der Waals surface area contributed by atoms with Gasteiger partial charge in [-0.05, 0) is 40.0 Å². The Morgan fingerprint density at radius 2 is 1.96 bits per heavy atom. The number of ether oxygens (including phenoxy) is 3. The molecule has 1 aliphatic rings. The summed E-state index contributed by atoms with van der Waals surface area (Å²) in [5.74, 6) is -1.85. The van der Waals surface area contributed by atoms with E-state index in [1.54, 1.807) is 20.8 Å². The lowest BCUT2D eigenvalue weighted by molar-refractivity contribution is -0.180. The monoisotopic (exact) mass is 374 g/mol. The Morgan fingerprint density at radius 1 is 1.27 bits per heavy atom. The summed E-state index contributed by atoms with van der Waals surface area (Å²) in [6.07, 6.45) is 1.16. The quantitative estimate of drug-likeness (QED) is 0.504. The Morgan fingerprint density at radius 3 is 2.50 bits per heavy atom. The Labute approximate surface area is 156 Å². The van der Waals surface area contributed by atoms with Gasteiger partial charge < -0.3 is 24.4 Å². The molecule has 0 spiro atoms. The second kappa shape index (κ2) is 10.3. The average molecular weight is 374 g/mol. The number of hydrogen-bond donors (Lipinski definition) is 2. The Hall–Kier alpha value is -1.02. The van der Waals surface area contributed by atoms with Crippen LogP contribution in [0.3, 0.4) is 0 Å². The third-order valence-electron chi connectivity index (χ3n) is 4.64. The molecule has 3 atom stereocenters. The molecule has 1 saturated heterocycles. The van der Waals surface area contributed by atoms with Crippen LogP contribution in [-0.4, -0.2) is 58.8 Å². The lowest BCUT2D eigenvalue weighted by Gasteiger charge is -2.33. The van der Waals surface area contributed by atoms with Gasteiger partial charge in [-0.1, -0.05) is 19.8 Å². The van der Waals surface area contributed by atoms with Crippen LogP contribution in [0.25, 0.3) is 0 Å². The Bertz CT molecular complexity index is 463. The predicted molar refractivity (Wildman–Crippen MR) is 95.5 cm³/mol. The van der Waals surface area contributed by atoms with Crippen molar-refractivity contribution in [2.45, 2.75) is 96.2 Å². The van der Waals surface area contributed by atoms with Gasteiger partial charge >= 0.3 is 5.97 Å². The van der Waals surface area contributed by atoms with Gasteiger partial charge in [0.05, 0.1) is 25.7 Å². The molecule has 26 heavy (non-hydrogen) atoms. The first-order valence-corrected chi connectivity index (χ1v) is 9.55. The fourth-order valence-corrected chi connectivity index (χ4v) is 3.04. The van der Waals surface area contributed by atoms with E-state index in [4.69, 9.17) is 14.2 Å². The van der Waals surface area contributed by atoms with Crippen LogP contribution in [0.2, 0.25) is 0 Å². The lowest BCUT2D eigenvalue weighted by Crippen LogP contribution is -2.52. The van der Waals surface area contributed by atoms with Crippen LogP contribution in [0.1, 0.15) is 72.6 Å². The van der Waals surface area contributed by atoms with Gasteiger partial charge in [0.1, 0.15) is 6.10 Å². The summed E-state index contributed by atoms with van der Waals surface area (Å²) in [4.78, 5) is 24.3. The topological polar surface area (TPSA) is 102 Å². The molecule has 0 saturated carbocycles. The standard InChI is InChI=1S/C19H34O7/c1-5-7-8-14(20)11-12-19(23,16-13-25-18(3,4)26-16)15(21)9-10-17(22)24-6-2/h14,16,20,23H,5-13H2,1-4H3/t14-,16+,19?/m1/s1. The minimum Gasteiger partial charge on any atom is -0.466 e. The highest BCUT2D eigenvalue weighted by Gasteiger charge is 2.50. The molecule has 1 aliphatic heterocycles. The van der Waals surface area contributed by atoms with E-state index in [9.17, 15) is 19.8 Å². The molecule has 0 aromatic heterocycles. The molecule has 1 fully saturated rings. The van der Waals surface area contributed by atoms with Crippen LogP contribution in [0.15, 0.2) is 0 Å². The van der Waals surface area contributed by atoms with Gasteiger partial charge in [0.2, 0.25) is 0 Å². The molecule has 7 heteroatoms.